The van der Waals surface area contributed by atoms with Crippen molar-refractivity contribution in [3.8, 4) is 57.5 Å². The quantitative estimate of drug-likeness (QED) is 0.0534. The van der Waals surface area contributed by atoms with Crippen molar-refractivity contribution in [2.75, 3.05) is 69.5 Å². The van der Waals surface area contributed by atoms with E-state index in [9.17, 15) is 19.2 Å². The second-order valence-electron chi connectivity index (χ2n) is 18.3. The molecule has 8 atom stereocenters. The monoisotopic (exact) mass is 980 g/mol. The van der Waals surface area contributed by atoms with Gasteiger partial charge in [0.05, 0.1) is 67.7 Å². The molecule has 0 bridgehead atoms. The van der Waals surface area contributed by atoms with Crippen LogP contribution >= 0.6 is 0 Å². The number of hydrogen-bond donors (Lipinski definition) is 0. The van der Waals surface area contributed by atoms with Crippen molar-refractivity contribution in [1.29, 1.82) is 0 Å². The molecule has 4 aliphatic heterocycles. The lowest BCUT2D eigenvalue weighted by atomic mass is 9.66. The van der Waals surface area contributed by atoms with Gasteiger partial charge in [-0.05, 0) is 83.6 Å². The smallest absolute Gasteiger partial charge is 0.310 e. The van der Waals surface area contributed by atoms with Gasteiger partial charge in [0.1, 0.15) is 12.2 Å². The van der Waals surface area contributed by atoms with Gasteiger partial charge in [-0.25, -0.2) is 0 Å². The van der Waals surface area contributed by atoms with Crippen LogP contribution in [0.2, 0.25) is 0 Å². The Morgan fingerprint density at radius 3 is 1.13 bits per heavy atom. The van der Waals surface area contributed by atoms with Crippen LogP contribution in [-0.4, -0.2) is 93.3 Å². The van der Waals surface area contributed by atoms with Gasteiger partial charge in [0.15, 0.2) is 46.0 Å². The predicted molar refractivity (Wildman–Crippen MR) is 247 cm³/mol. The van der Waals surface area contributed by atoms with Crippen LogP contribution in [0.1, 0.15) is 102 Å². The lowest BCUT2D eigenvalue weighted by Gasteiger charge is -2.38. The molecule has 0 unspecified atom stereocenters. The summed E-state index contributed by atoms with van der Waals surface area (Å²) in [4.78, 5) is 54.5. The van der Waals surface area contributed by atoms with Crippen LogP contribution in [0, 0.1) is 23.7 Å². The number of hydrogen-bond acceptors (Lipinski definition) is 18. The fourth-order valence-corrected chi connectivity index (χ4v) is 11.4. The Morgan fingerprint density at radius 1 is 0.451 bits per heavy atom. The molecule has 10 rings (SSSR count). The van der Waals surface area contributed by atoms with Gasteiger partial charge in [-0.15, -0.1) is 0 Å². The van der Waals surface area contributed by atoms with Crippen LogP contribution in [0.5, 0.6) is 57.5 Å². The first-order valence-corrected chi connectivity index (χ1v) is 23.8. The number of fused-ring (bicyclic) bond motifs is 6. The Bertz CT molecular complexity index is 2500. The van der Waals surface area contributed by atoms with E-state index in [2.05, 4.69) is 0 Å². The minimum atomic E-state index is -0.782. The van der Waals surface area contributed by atoms with Crippen molar-refractivity contribution in [2.45, 2.75) is 69.0 Å². The number of esters is 4. The fourth-order valence-electron chi connectivity index (χ4n) is 11.4. The van der Waals surface area contributed by atoms with Crippen molar-refractivity contribution < 1.29 is 85.5 Å². The third-order valence-electron chi connectivity index (χ3n) is 14.6. The van der Waals surface area contributed by atoms with Gasteiger partial charge < -0.3 is 66.3 Å². The Kier molecular flexibility index (Phi) is 13.3. The van der Waals surface area contributed by atoms with Gasteiger partial charge in [0.25, 0.3) is 0 Å². The van der Waals surface area contributed by atoms with E-state index >= 15 is 0 Å². The highest BCUT2D eigenvalue weighted by Crippen LogP contribution is 2.59. The molecule has 0 radical (unpaired) electrons. The average molecular weight is 981 g/mol. The minimum Gasteiger partial charge on any atom is -0.493 e. The first-order chi connectivity index (χ1) is 34.6. The molecule has 0 saturated carbocycles. The molecule has 2 aliphatic carbocycles. The van der Waals surface area contributed by atoms with Crippen molar-refractivity contribution in [1.82, 2.24) is 0 Å². The average Bonchev–Trinajstić information content (AvgIpc) is 4.21. The second kappa shape index (κ2) is 19.9. The molecule has 0 spiro atoms. The van der Waals surface area contributed by atoms with Crippen LogP contribution in [-0.2, 0) is 38.1 Å². The van der Waals surface area contributed by atoms with E-state index in [1.165, 1.54) is 42.7 Å². The molecule has 0 amide bonds. The van der Waals surface area contributed by atoms with Crippen LogP contribution < -0.4 is 47.4 Å². The molecule has 376 valence electrons. The predicted octanol–water partition coefficient (Wildman–Crippen LogP) is 7.66. The maximum atomic E-state index is 13.6. The number of rotatable bonds is 18. The highest BCUT2D eigenvalue weighted by atomic mass is 16.7. The normalized spacial score (nSPS) is 23.8. The molecule has 4 aromatic rings. The molecular formula is C53H56O18. The zero-order valence-electron chi connectivity index (χ0n) is 40.4. The molecule has 6 aliphatic rings. The van der Waals surface area contributed by atoms with Gasteiger partial charge in [-0.3, -0.25) is 19.2 Å². The van der Waals surface area contributed by atoms with E-state index in [-0.39, 0.29) is 39.6 Å². The third kappa shape index (κ3) is 8.54. The first-order valence-electron chi connectivity index (χ1n) is 23.8. The van der Waals surface area contributed by atoms with E-state index < -0.39 is 71.6 Å². The summed E-state index contributed by atoms with van der Waals surface area (Å²) in [6.07, 6.45) is 2.05. The highest BCUT2D eigenvalue weighted by Gasteiger charge is 2.56. The topological polar surface area (TPSA) is 197 Å². The Morgan fingerprint density at radius 2 is 0.789 bits per heavy atom. The van der Waals surface area contributed by atoms with Crippen LogP contribution in [0.15, 0.2) is 48.5 Å². The molecule has 18 nitrogen and oxygen atoms in total. The Labute approximate surface area is 409 Å². The Hall–Kier alpha value is -7.24. The summed E-state index contributed by atoms with van der Waals surface area (Å²) in [7, 11) is 9.17. The van der Waals surface area contributed by atoms with Gasteiger partial charge in [-0.2, -0.15) is 0 Å². The molecule has 18 heteroatoms. The van der Waals surface area contributed by atoms with Gasteiger partial charge >= 0.3 is 23.9 Å². The van der Waals surface area contributed by atoms with E-state index in [1.54, 1.807) is 0 Å². The van der Waals surface area contributed by atoms with E-state index in [1.807, 2.05) is 48.5 Å². The van der Waals surface area contributed by atoms with Crippen LogP contribution in [0.3, 0.4) is 0 Å². The molecule has 71 heavy (non-hydrogen) atoms. The maximum absolute atomic E-state index is 13.6. The number of methoxy groups -OCH3 is 6. The molecular weight excluding hydrogens is 925 g/mol. The molecule has 4 aromatic carbocycles. The van der Waals surface area contributed by atoms with Crippen LogP contribution in [0.25, 0.3) is 0 Å². The summed E-state index contributed by atoms with van der Waals surface area (Å²) in [6, 6.07) is 14.7. The standard InChI is InChI=1S/C53H56O18/c1-58-38-14-26(15-39(59-2)50(38)62-5)44-28-18-34-36(68-24-66-34)20-30(28)48(32-22-64-52(56)46(32)44)70-42(54)12-10-8-7-9-11-13-43(55)71-49-31-21-37-35(67-25-69-37)19-29(31)45(47-33(49)23-65-53(47)57)27-16-40(60-3)51(63-6)41(17-27)61-4/h14-21,32-33,44-49H,7-13,22-25H2,1-6H3/t32-,33-,44+,45+,46+,47+,48-,49-/m0/s1. The SMILES string of the molecule is COc1cc([C@@H]2c3cc4c(cc3[C@H](OC(=O)CCCCCCCC(=O)O[C@H]3c5cc6c(cc5[C@@H](c5cc(OC)c(OC)c(OC)c5)[C@@H]5C(=O)OC[C@@H]53)OCO6)[C@H]3COC(=O)[C@@H]23)OCO4)cc(OC)c1OC. The lowest BCUT2D eigenvalue weighted by Crippen LogP contribution is -2.36. The summed E-state index contributed by atoms with van der Waals surface area (Å²) in [5.74, 6) is -0.334. The zero-order valence-corrected chi connectivity index (χ0v) is 40.4. The summed E-state index contributed by atoms with van der Waals surface area (Å²) >= 11 is 0. The van der Waals surface area contributed by atoms with Crippen LogP contribution in [0.4, 0.5) is 0 Å². The number of cyclic esters (lactones) is 2. The summed E-state index contributed by atoms with van der Waals surface area (Å²) < 4.78 is 80.8. The summed E-state index contributed by atoms with van der Waals surface area (Å²) in [6.45, 7) is 0.211. The largest absolute Gasteiger partial charge is 0.493 e. The number of carbonyl (C=O) groups excluding carboxylic acids is 4. The van der Waals surface area contributed by atoms with Crippen molar-refractivity contribution >= 4 is 23.9 Å². The van der Waals surface area contributed by atoms with Crippen molar-refractivity contribution in [3.05, 3.63) is 81.9 Å². The number of unbranched alkanes of at least 4 members (excludes halogenated alkanes) is 4. The second-order valence-corrected chi connectivity index (χ2v) is 18.3. The van der Waals surface area contributed by atoms with Gasteiger partial charge in [-0.1, -0.05) is 19.3 Å². The van der Waals surface area contributed by atoms with Crippen molar-refractivity contribution in [3.63, 3.8) is 0 Å². The van der Waals surface area contributed by atoms with Gasteiger partial charge in [0, 0.05) is 47.6 Å². The molecule has 2 fully saturated rings. The van der Waals surface area contributed by atoms with Gasteiger partial charge in [0.2, 0.25) is 25.1 Å². The van der Waals surface area contributed by atoms with E-state index in [0.29, 0.717) is 81.5 Å². The molecule has 2 saturated heterocycles. The highest BCUT2D eigenvalue weighted by molar-refractivity contribution is 5.81. The molecule has 0 aromatic heterocycles. The number of ether oxygens (including phenoxy) is 14. The lowest BCUT2D eigenvalue weighted by molar-refractivity contribution is -0.155. The first kappa shape index (κ1) is 47.4. The summed E-state index contributed by atoms with van der Waals surface area (Å²) in [5.41, 5.74) is 4.35. The maximum Gasteiger partial charge on any atom is 0.310 e. The number of carbonyl (C=O) groups is 4. The fraction of sp³-hybridized carbons (Fsp3) is 0.472. The van der Waals surface area contributed by atoms with E-state index in [4.69, 9.17) is 66.3 Å². The molecule has 4 heterocycles. The zero-order chi connectivity index (χ0) is 49.5. The minimum absolute atomic E-state index is 0.0360. The number of benzene rings is 4. The summed E-state index contributed by atoms with van der Waals surface area (Å²) in [5, 5.41) is 0. The van der Waals surface area contributed by atoms with E-state index in [0.717, 1.165) is 41.5 Å². The third-order valence-corrected chi connectivity index (χ3v) is 14.6. The Balaban J connectivity index is 0.778. The molecule has 0 N–H and O–H groups in total. The van der Waals surface area contributed by atoms with Crippen molar-refractivity contribution in [2.24, 2.45) is 23.7 Å².